The summed E-state index contributed by atoms with van der Waals surface area (Å²) in [6.07, 6.45) is 0.0437. The van der Waals surface area contributed by atoms with Crippen LogP contribution in [0.15, 0.2) is 42.5 Å². The van der Waals surface area contributed by atoms with E-state index in [4.69, 9.17) is 0 Å². The maximum Gasteiger partial charge on any atom is 0.586 e. The molecule has 7 nitrogen and oxygen atoms in total. The second kappa shape index (κ2) is 7.93. The van der Waals surface area contributed by atoms with Gasteiger partial charge in [0, 0.05) is 22.3 Å². The van der Waals surface area contributed by atoms with E-state index in [1.165, 1.54) is 18.6 Å². The summed E-state index contributed by atoms with van der Waals surface area (Å²) in [6, 6.07) is 12.3. The van der Waals surface area contributed by atoms with E-state index in [9.17, 15) is 23.8 Å². The summed E-state index contributed by atoms with van der Waals surface area (Å²) in [5.41, 5.74) is 2.54. The quantitative estimate of drug-likeness (QED) is 0.466. The third-order valence-corrected chi connectivity index (χ3v) is 7.46. The molecule has 2 fully saturated rings. The van der Waals surface area contributed by atoms with Gasteiger partial charge in [-0.3, -0.25) is 4.79 Å². The summed E-state index contributed by atoms with van der Waals surface area (Å²) in [6.45, 7) is 0.00130. The smallest absolute Gasteiger partial charge is 0.395 e. The second-order valence-electron chi connectivity index (χ2n) is 9.78. The Balaban J connectivity index is 1.26. The van der Waals surface area contributed by atoms with E-state index >= 15 is 0 Å². The Bertz CT molecular complexity index is 1310. The number of nitrogens with zero attached hydrogens (tertiary/aromatic N) is 1. The van der Waals surface area contributed by atoms with Crippen molar-refractivity contribution in [1.29, 1.82) is 0 Å². The van der Waals surface area contributed by atoms with Crippen LogP contribution in [0.25, 0.3) is 10.9 Å². The molecule has 2 aliphatic carbocycles. The van der Waals surface area contributed by atoms with Crippen molar-refractivity contribution >= 4 is 22.5 Å². The molecule has 1 atom stereocenters. The average molecular weight is 484 g/mol. The first-order valence-electron chi connectivity index (χ1n) is 11.9. The molecule has 1 aliphatic heterocycles. The minimum absolute atomic E-state index is 0.0431. The largest absolute Gasteiger partial charge is 0.586 e. The van der Waals surface area contributed by atoms with Crippen LogP contribution in [0.5, 0.6) is 11.5 Å². The van der Waals surface area contributed by atoms with Gasteiger partial charge >= 0.3 is 6.29 Å². The van der Waals surface area contributed by atoms with Crippen LogP contribution >= 0.6 is 0 Å². The van der Waals surface area contributed by atoms with E-state index < -0.39 is 17.8 Å². The molecule has 35 heavy (non-hydrogen) atoms. The minimum Gasteiger partial charge on any atom is -0.395 e. The lowest BCUT2D eigenvalue weighted by Crippen LogP contribution is -2.28. The molecule has 2 heterocycles. The fraction of sp³-hybridized carbons (Fsp3) is 0.423. The number of amides is 1. The Labute approximate surface area is 200 Å². The number of benzene rings is 2. The van der Waals surface area contributed by atoms with Crippen molar-refractivity contribution in [2.75, 3.05) is 11.9 Å². The predicted molar refractivity (Wildman–Crippen MR) is 124 cm³/mol. The highest BCUT2D eigenvalue weighted by Crippen LogP contribution is 2.52. The van der Waals surface area contributed by atoms with Gasteiger partial charge in [0.2, 0.25) is 5.91 Å². The highest BCUT2D eigenvalue weighted by molar-refractivity contribution is 6.02. The van der Waals surface area contributed by atoms with Gasteiger partial charge in [-0.2, -0.15) is 0 Å². The number of carbonyl (C=O) groups is 1. The summed E-state index contributed by atoms with van der Waals surface area (Å²) < 4.78 is 37.9. The highest BCUT2D eigenvalue weighted by atomic mass is 19.3. The highest BCUT2D eigenvalue weighted by Gasteiger charge is 2.52. The molecule has 2 saturated carbocycles. The van der Waals surface area contributed by atoms with E-state index in [-0.39, 0.29) is 24.0 Å². The van der Waals surface area contributed by atoms with Crippen LogP contribution in [0.2, 0.25) is 0 Å². The predicted octanol–water partition coefficient (Wildman–Crippen LogP) is 4.25. The van der Waals surface area contributed by atoms with Crippen molar-refractivity contribution in [3.05, 3.63) is 53.7 Å². The molecule has 0 spiro atoms. The van der Waals surface area contributed by atoms with Crippen molar-refractivity contribution in [2.45, 2.75) is 62.4 Å². The van der Waals surface area contributed by atoms with Gasteiger partial charge in [-0.05, 0) is 73.6 Å². The van der Waals surface area contributed by atoms with Gasteiger partial charge in [0.05, 0.1) is 24.7 Å². The van der Waals surface area contributed by atoms with E-state index in [1.807, 2.05) is 18.2 Å². The van der Waals surface area contributed by atoms with Crippen LogP contribution in [0.3, 0.4) is 0 Å². The molecule has 3 aromatic rings. The standard InChI is InChI=1S/C26H26F2N2O5/c27-26(28)34-22-7-4-17(12-23(22)35-26)25(8-9-25)24(33)29-18-5-6-20-16(10-18)11-21(15-2-1-3-15)30(20)13-19(32)14-31/h4-7,10-12,15,19,31-32H,1-3,8-9,13-14H2,(H,29,33)/t19-/m0/s1. The van der Waals surface area contributed by atoms with E-state index in [0.29, 0.717) is 36.6 Å². The summed E-state index contributed by atoms with van der Waals surface area (Å²) in [5, 5.41) is 23.4. The van der Waals surface area contributed by atoms with Gasteiger partial charge in [-0.25, -0.2) is 0 Å². The fourth-order valence-corrected chi connectivity index (χ4v) is 5.15. The van der Waals surface area contributed by atoms with Crippen molar-refractivity contribution in [1.82, 2.24) is 4.57 Å². The molecular formula is C26H26F2N2O5. The SMILES string of the molecule is O=C(Nc1ccc2c(c1)cc(C1CCC1)n2C[C@H](O)CO)C1(c2ccc3c(c2)OC(F)(F)O3)CC1. The lowest BCUT2D eigenvalue weighted by molar-refractivity contribution is -0.286. The van der Waals surface area contributed by atoms with Gasteiger partial charge in [-0.15, -0.1) is 8.78 Å². The van der Waals surface area contributed by atoms with Gasteiger partial charge in [0.15, 0.2) is 11.5 Å². The normalized spacial score (nSPS) is 20.5. The van der Waals surface area contributed by atoms with Crippen LogP contribution < -0.4 is 14.8 Å². The molecule has 0 unspecified atom stereocenters. The number of carbonyl (C=O) groups excluding carboxylic acids is 1. The number of aliphatic hydroxyl groups excluding tert-OH is 2. The Hall–Kier alpha value is -3.17. The van der Waals surface area contributed by atoms with Crippen LogP contribution in [-0.2, 0) is 16.8 Å². The van der Waals surface area contributed by atoms with Gasteiger partial charge in [-0.1, -0.05) is 12.5 Å². The molecule has 2 aromatic carbocycles. The minimum atomic E-state index is -3.70. The average Bonchev–Trinajstić information content (AvgIpc) is 3.44. The molecule has 6 rings (SSSR count). The van der Waals surface area contributed by atoms with Crippen molar-refractivity contribution in [2.24, 2.45) is 0 Å². The van der Waals surface area contributed by atoms with E-state index in [2.05, 4.69) is 25.4 Å². The molecule has 3 N–H and O–H groups in total. The summed E-state index contributed by atoms with van der Waals surface area (Å²) >= 11 is 0. The Morgan fingerprint density at radius 2 is 1.89 bits per heavy atom. The Kier molecular flexibility index (Phi) is 5.05. The zero-order valence-electron chi connectivity index (χ0n) is 19.0. The second-order valence-corrected chi connectivity index (χ2v) is 9.78. The van der Waals surface area contributed by atoms with Crippen LogP contribution in [0, 0.1) is 0 Å². The number of aliphatic hydroxyl groups is 2. The number of nitrogens with one attached hydrogen (secondary N) is 1. The number of anilines is 1. The molecule has 9 heteroatoms. The molecule has 1 amide bonds. The first-order chi connectivity index (χ1) is 16.8. The van der Waals surface area contributed by atoms with E-state index in [1.54, 1.807) is 6.07 Å². The number of halogens is 2. The van der Waals surface area contributed by atoms with Crippen LogP contribution in [0.1, 0.15) is 49.3 Å². The molecule has 184 valence electrons. The summed E-state index contributed by atoms with van der Waals surface area (Å²) in [7, 11) is 0. The molecule has 1 aromatic heterocycles. The van der Waals surface area contributed by atoms with Gasteiger partial charge in [0.1, 0.15) is 0 Å². The van der Waals surface area contributed by atoms with Crippen molar-refractivity contribution in [3.63, 3.8) is 0 Å². The number of alkyl halides is 2. The maximum absolute atomic E-state index is 13.4. The van der Waals surface area contributed by atoms with Gasteiger partial charge < -0.3 is 29.6 Å². The third-order valence-electron chi connectivity index (χ3n) is 7.46. The van der Waals surface area contributed by atoms with Crippen molar-refractivity contribution in [3.8, 4) is 11.5 Å². The van der Waals surface area contributed by atoms with Crippen LogP contribution in [-0.4, -0.2) is 39.7 Å². The topological polar surface area (TPSA) is 93.0 Å². The number of rotatable bonds is 7. The Morgan fingerprint density at radius 3 is 2.57 bits per heavy atom. The molecule has 0 saturated heterocycles. The zero-order chi connectivity index (χ0) is 24.4. The summed E-state index contributed by atoms with van der Waals surface area (Å²) in [4.78, 5) is 13.3. The third kappa shape index (κ3) is 3.83. The summed E-state index contributed by atoms with van der Waals surface area (Å²) in [5.74, 6) is 0.123. The monoisotopic (exact) mass is 484 g/mol. The first-order valence-corrected chi connectivity index (χ1v) is 11.9. The number of fused-ring (bicyclic) bond motifs is 2. The molecule has 0 bridgehead atoms. The molecular weight excluding hydrogens is 458 g/mol. The lowest BCUT2D eigenvalue weighted by atomic mass is 9.83. The molecule has 3 aliphatic rings. The van der Waals surface area contributed by atoms with Crippen molar-refractivity contribution < 1.29 is 33.3 Å². The zero-order valence-corrected chi connectivity index (χ0v) is 19.0. The number of hydrogen-bond donors (Lipinski definition) is 3. The first kappa shape index (κ1) is 22.3. The molecule has 0 radical (unpaired) electrons. The maximum atomic E-state index is 13.4. The Morgan fingerprint density at radius 1 is 1.11 bits per heavy atom. The fourth-order valence-electron chi connectivity index (χ4n) is 5.15. The number of hydrogen-bond acceptors (Lipinski definition) is 5. The van der Waals surface area contributed by atoms with Crippen LogP contribution in [0.4, 0.5) is 14.5 Å². The number of aromatic nitrogens is 1. The van der Waals surface area contributed by atoms with Gasteiger partial charge in [0.25, 0.3) is 0 Å². The van der Waals surface area contributed by atoms with E-state index in [0.717, 1.165) is 29.4 Å². The number of ether oxygens (including phenoxy) is 2. The lowest BCUT2D eigenvalue weighted by Gasteiger charge is -2.27.